The molecule has 218 valence electrons. The molecule has 5 rings (SSSR count). The van der Waals surface area contributed by atoms with Gasteiger partial charge in [-0.2, -0.15) is 18.3 Å². The van der Waals surface area contributed by atoms with Crippen molar-refractivity contribution in [1.82, 2.24) is 24.8 Å². The molecule has 14 heteroatoms. The quantitative estimate of drug-likeness (QED) is 0.245. The molecule has 2 aromatic heterocycles. The van der Waals surface area contributed by atoms with Crippen molar-refractivity contribution in [3.05, 3.63) is 123 Å². The summed E-state index contributed by atoms with van der Waals surface area (Å²) in [6.07, 6.45) is -2.61. The molecule has 0 aliphatic carbocycles. The van der Waals surface area contributed by atoms with Crippen LogP contribution in [0.3, 0.4) is 0 Å². The molecule has 2 N–H and O–H groups in total. The molecule has 1 atom stereocenters. The Kier molecular flexibility index (Phi) is 8.08. The lowest BCUT2D eigenvalue weighted by Gasteiger charge is -2.19. The van der Waals surface area contributed by atoms with E-state index in [0.29, 0.717) is 11.9 Å². The number of carbonyl (C=O) groups excluding carboxylic acids is 1. The second-order valence-electron chi connectivity index (χ2n) is 9.31. The van der Waals surface area contributed by atoms with E-state index < -0.39 is 35.3 Å². The van der Waals surface area contributed by atoms with Gasteiger partial charge in [-0.15, -0.1) is 5.10 Å². The van der Waals surface area contributed by atoms with Gasteiger partial charge in [-0.05, 0) is 48.0 Å². The first-order valence-electron chi connectivity index (χ1n) is 12.6. The van der Waals surface area contributed by atoms with E-state index in [2.05, 4.69) is 20.7 Å². The fraction of sp³-hybridized carbons (Fsp3) is 0.103. The summed E-state index contributed by atoms with van der Waals surface area (Å²) in [7, 11) is 0. The van der Waals surface area contributed by atoms with Crippen molar-refractivity contribution in [2.24, 2.45) is 0 Å². The maximum absolute atomic E-state index is 13.5. The van der Waals surface area contributed by atoms with Crippen LogP contribution < -0.4 is 10.9 Å². The van der Waals surface area contributed by atoms with Crippen molar-refractivity contribution >= 4 is 29.2 Å². The van der Waals surface area contributed by atoms with Crippen molar-refractivity contribution in [1.29, 1.82) is 0 Å². The van der Waals surface area contributed by atoms with Gasteiger partial charge in [0.25, 0.3) is 5.56 Å². The Morgan fingerprint density at radius 1 is 1.00 bits per heavy atom. The Labute approximate surface area is 246 Å². The fourth-order valence-electron chi connectivity index (χ4n) is 4.30. The minimum absolute atomic E-state index is 0.0354. The van der Waals surface area contributed by atoms with Gasteiger partial charge in [0.1, 0.15) is 6.04 Å². The predicted molar refractivity (Wildman–Crippen MR) is 150 cm³/mol. The predicted octanol–water partition coefficient (Wildman–Crippen LogP) is 5.28. The first kappa shape index (κ1) is 29.2. The number of carbonyl (C=O) groups is 2. The lowest BCUT2D eigenvalue weighted by molar-refractivity contribution is -0.141. The number of rotatable bonds is 8. The zero-order chi connectivity index (χ0) is 30.7. The van der Waals surface area contributed by atoms with Crippen molar-refractivity contribution < 1.29 is 27.9 Å². The van der Waals surface area contributed by atoms with Crippen LogP contribution in [0.1, 0.15) is 27.7 Å². The number of halogens is 4. The van der Waals surface area contributed by atoms with Crippen LogP contribution in [0.2, 0.25) is 5.02 Å². The molecule has 2 heterocycles. The number of nitrogens with one attached hydrogen (secondary N) is 1. The molecule has 10 nitrogen and oxygen atoms in total. The van der Waals surface area contributed by atoms with Crippen molar-refractivity contribution in [3.8, 4) is 16.8 Å². The summed E-state index contributed by atoms with van der Waals surface area (Å²) in [6.45, 7) is 0. The highest BCUT2D eigenvalue weighted by molar-refractivity contribution is 6.31. The molecule has 3 aromatic carbocycles. The molecular formula is C29H20ClF3N6O4. The number of amides is 1. The van der Waals surface area contributed by atoms with Gasteiger partial charge in [0.2, 0.25) is 5.91 Å². The van der Waals surface area contributed by atoms with Crippen LogP contribution in [-0.2, 0) is 17.4 Å². The molecule has 0 fully saturated rings. The maximum Gasteiger partial charge on any atom is 0.436 e. The zero-order valence-electron chi connectivity index (χ0n) is 21.9. The molecule has 0 saturated heterocycles. The Balaban J connectivity index is 1.51. The number of hydrogen-bond donors (Lipinski definition) is 2. The number of aromatic carboxylic acids is 1. The smallest absolute Gasteiger partial charge is 0.436 e. The van der Waals surface area contributed by atoms with Gasteiger partial charge in [0, 0.05) is 34.3 Å². The van der Waals surface area contributed by atoms with Crippen LogP contribution in [0.25, 0.3) is 16.8 Å². The summed E-state index contributed by atoms with van der Waals surface area (Å²) in [4.78, 5) is 38.0. The molecule has 5 aromatic rings. The third-order valence-electron chi connectivity index (χ3n) is 6.40. The summed E-state index contributed by atoms with van der Waals surface area (Å²) < 4.78 is 41.3. The van der Waals surface area contributed by atoms with Crippen molar-refractivity contribution in [2.75, 3.05) is 5.32 Å². The summed E-state index contributed by atoms with van der Waals surface area (Å²) in [5.41, 5.74) is -0.151. The van der Waals surface area contributed by atoms with E-state index in [1.165, 1.54) is 54.7 Å². The van der Waals surface area contributed by atoms with Crippen molar-refractivity contribution in [3.63, 3.8) is 0 Å². The maximum atomic E-state index is 13.5. The Morgan fingerprint density at radius 2 is 1.72 bits per heavy atom. The van der Waals surface area contributed by atoms with E-state index in [4.69, 9.17) is 16.7 Å². The van der Waals surface area contributed by atoms with E-state index in [1.54, 1.807) is 30.3 Å². The number of aromatic nitrogens is 5. The minimum atomic E-state index is -4.71. The van der Waals surface area contributed by atoms with Crippen LogP contribution in [0.4, 0.5) is 18.9 Å². The SMILES string of the molecule is O=C(O)c1ccc(NC(=O)C(Cc2ccccc2)n2ncc(-c3cc(Cl)ccc3-n3cc(C(F)(F)F)nn3)cc2=O)cc1. The van der Waals surface area contributed by atoms with Crippen LogP contribution >= 0.6 is 11.6 Å². The molecule has 0 saturated carbocycles. The van der Waals surface area contributed by atoms with E-state index in [-0.39, 0.29) is 33.8 Å². The average Bonchev–Trinajstić information content (AvgIpc) is 3.48. The fourth-order valence-corrected chi connectivity index (χ4v) is 4.47. The molecule has 0 aliphatic rings. The van der Waals surface area contributed by atoms with Gasteiger partial charge in [-0.1, -0.05) is 47.1 Å². The number of anilines is 1. The second kappa shape index (κ2) is 11.9. The largest absolute Gasteiger partial charge is 0.478 e. The zero-order valence-corrected chi connectivity index (χ0v) is 22.6. The van der Waals surface area contributed by atoms with Gasteiger partial charge in [0.15, 0.2) is 5.69 Å². The number of hydrogen-bond acceptors (Lipinski definition) is 6. The second-order valence-corrected chi connectivity index (χ2v) is 9.75. The minimum Gasteiger partial charge on any atom is -0.478 e. The summed E-state index contributed by atoms with van der Waals surface area (Å²) in [6, 6.07) is 18.8. The van der Waals surface area contributed by atoms with E-state index in [1.807, 2.05) is 0 Å². The monoisotopic (exact) mass is 608 g/mol. The van der Waals surface area contributed by atoms with Crippen LogP contribution in [0.5, 0.6) is 0 Å². The van der Waals surface area contributed by atoms with Gasteiger partial charge in [0.05, 0.1) is 23.6 Å². The molecule has 0 spiro atoms. The van der Waals surface area contributed by atoms with Gasteiger partial charge in [-0.3, -0.25) is 9.59 Å². The van der Waals surface area contributed by atoms with Gasteiger partial charge < -0.3 is 10.4 Å². The normalized spacial score (nSPS) is 12.1. The first-order valence-corrected chi connectivity index (χ1v) is 12.9. The third kappa shape index (κ3) is 6.62. The standard InChI is InChI=1S/C29H20ClF3N6O4/c30-20-8-11-23(38-16-25(36-37-38)29(31,32)33)22(14-20)19-13-26(40)39(34-15-19)24(12-17-4-2-1-3-5-17)27(41)35-21-9-6-18(7-10-21)28(42)43/h1-11,13-16,24H,12H2,(H,35,41)(H,42,43). The molecular weight excluding hydrogens is 589 g/mol. The van der Waals surface area contributed by atoms with E-state index in [9.17, 15) is 27.6 Å². The van der Waals surface area contributed by atoms with Crippen LogP contribution in [0, 0.1) is 0 Å². The number of alkyl halides is 3. The highest BCUT2D eigenvalue weighted by atomic mass is 35.5. The third-order valence-corrected chi connectivity index (χ3v) is 6.63. The summed E-state index contributed by atoms with van der Waals surface area (Å²) >= 11 is 6.17. The average molecular weight is 609 g/mol. The first-order chi connectivity index (χ1) is 20.5. The molecule has 0 aliphatic heterocycles. The van der Waals surface area contributed by atoms with E-state index in [0.717, 1.165) is 14.9 Å². The lowest BCUT2D eigenvalue weighted by Crippen LogP contribution is -2.36. The van der Waals surface area contributed by atoms with E-state index >= 15 is 0 Å². The molecule has 1 amide bonds. The number of nitrogens with zero attached hydrogens (tertiary/aromatic N) is 5. The topological polar surface area (TPSA) is 132 Å². The molecule has 1 unspecified atom stereocenters. The van der Waals surface area contributed by atoms with Crippen molar-refractivity contribution in [2.45, 2.75) is 18.6 Å². The van der Waals surface area contributed by atoms with Crippen LogP contribution in [-0.4, -0.2) is 41.8 Å². The summed E-state index contributed by atoms with van der Waals surface area (Å²) in [5, 5.41) is 23.1. The number of carboxylic acid groups (broad SMARTS) is 1. The highest BCUT2D eigenvalue weighted by Gasteiger charge is 2.35. The lowest BCUT2D eigenvalue weighted by atomic mass is 10.0. The van der Waals surface area contributed by atoms with Gasteiger partial charge in [-0.25, -0.2) is 14.2 Å². The molecule has 43 heavy (non-hydrogen) atoms. The number of benzene rings is 3. The Bertz CT molecular complexity index is 1860. The summed E-state index contributed by atoms with van der Waals surface area (Å²) in [5.74, 6) is -1.71. The number of carboxylic acids is 1. The van der Waals surface area contributed by atoms with Gasteiger partial charge >= 0.3 is 12.1 Å². The Hall–Kier alpha value is -5.30. The highest BCUT2D eigenvalue weighted by Crippen LogP contribution is 2.31. The molecule has 0 bridgehead atoms. The molecule has 0 radical (unpaired) electrons. The van der Waals surface area contributed by atoms with Crippen LogP contribution in [0.15, 0.2) is 96.1 Å². The Morgan fingerprint density at radius 3 is 2.35 bits per heavy atom.